The number of aromatic nitrogens is 1. The van der Waals surface area contributed by atoms with E-state index in [1.807, 2.05) is 6.07 Å². The Morgan fingerprint density at radius 3 is 2.44 bits per heavy atom. The third kappa shape index (κ3) is 5.61. The van der Waals surface area contributed by atoms with Crippen molar-refractivity contribution in [2.45, 2.75) is 51.7 Å². The molecule has 6 nitrogen and oxygen atoms in total. The minimum Gasteiger partial charge on any atom is -0.348 e. The Morgan fingerprint density at radius 1 is 1.15 bits per heavy atom. The summed E-state index contributed by atoms with van der Waals surface area (Å²) in [6.07, 6.45) is 2.83. The van der Waals surface area contributed by atoms with E-state index < -0.39 is 9.84 Å². The molecule has 0 bridgehead atoms. The van der Waals surface area contributed by atoms with Crippen LogP contribution in [0.5, 0.6) is 0 Å². The highest BCUT2D eigenvalue weighted by Gasteiger charge is 2.15. The Kier molecular flexibility index (Phi) is 7.50. The molecular formula is C20H27N3O3S. The van der Waals surface area contributed by atoms with E-state index in [0.29, 0.717) is 17.0 Å². The summed E-state index contributed by atoms with van der Waals surface area (Å²) in [7, 11) is -3.20. The van der Waals surface area contributed by atoms with E-state index in [4.69, 9.17) is 0 Å². The molecule has 2 N–H and O–H groups in total. The second-order valence-corrected chi connectivity index (χ2v) is 8.65. The first-order valence-electron chi connectivity index (χ1n) is 9.19. The van der Waals surface area contributed by atoms with E-state index in [2.05, 4.69) is 29.5 Å². The van der Waals surface area contributed by atoms with Gasteiger partial charge in [0.15, 0.2) is 9.84 Å². The highest BCUT2D eigenvalue weighted by molar-refractivity contribution is 7.91. The number of sulfone groups is 1. The van der Waals surface area contributed by atoms with Gasteiger partial charge in [0, 0.05) is 25.8 Å². The number of pyridine rings is 1. The van der Waals surface area contributed by atoms with Crippen molar-refractivity contribution in [3.63, 3.8) is 0 Å². The molecule has 3 rings (SSSR count). The number of rotatable bonds is 5. The Morgan fingerprint density at radius 2 is 1.81 bits per heavy atom. The number of fused-ring (bicyclic) bond motifs is 1. The van der Waals surface area contributed by atoms with Crippen molar-refractivity contribution in [1.82, 2.24) is 15.6 Å². The molecule has 1 aliphatic rings. The van der Waals surface area contributed by atoms with Crippen molar-refractivity contribution in [3.8, 4) is 0 Å². The molecule has 0 radical (unpaired) electrons. The van der Waals surface area contributed by atoms with Gasteiger partial charge in [0.25, 0.3) is 5.91 Å². The van der Waals surface area contributed by atoms with Crippen molar-refractivity contribution in [3.05, 3.63) is 58.9 Å². The van der Waals surface area contributed by atoms with Gasteiger partial charge in [0.05, 0.1) is 21.9 Å². The van der Waals surface area contributed by atoms with Gasteiger partial charge in [0.1, 0.15) is 0 Å². The fourth-order valence-electron chi connectivity index (χ4n) is 2.56. The van der Waals surface area contributed by atoms with Crippen molar-refractivity contribution < 1.29 is 13.2 Å². The summed E-state index contributed by atoms with van der Waals surface area (Å²) in [6, 6.07) is 8.43. The molecular weight excluding hydrogens is 362 g/mol. The minimum absolute atomic E-state index is 0.0727. The summed E-state index contributed by atoms with van der Waals surface area (Å²) in [5.41, 5.74) is 3.41. The summed E-state index contributed by atoms with van der Waals surface area (Å²) in [4.78, 5) is 16.8. The monoisotopic (exact) mass is 389 g/mol. The van der Waals surface area contributed by atoms with Crippen LogP contribution in [0, 0.1) is 0 Å². The smallest absolute Gasteiger partial charge is 0.253 e. The van der Waals surface area contributed by atoms with Crippen molar-refractivity contribution in [1.29, 1.82) is 0 Å². The van der Waals surface area contributed by atoms with Crippen LogP contribution in [-0.2, 0) is 29.5 Å². The first-order valence-corrected chi connectivity index (χ1v) is 10.8. The predicted octanol–water partition coefficient (Wildman–Crippen LogP) is 2.82. The summed E-state index contributed by atoms with van der Waals surface area (Å²) in [5, 5.41) is 6.02. The van der Waals surface area contributed by atoms with Crippen LogP contribution in [0.25, 0.3) is 0 Å². The van der Waals surface area contributed by atoms with Crippen LogP contribution in [0.2, 0.25) is 0 Å². The van der Waals surface area contributed by atoms with E-state index in [0.717, 1.165) is 29.9 Å². The number of carbonyl (C=O) groups is 1. The van der Waals surface area contributed by atoms with Crippen molar-refractivity contribution in [2.75, 3.05) is 5.75 Å². The normalized spacial score (nSPS) is 12.7. The maximum Gasteiger partial charge on any atom is 0.253 e. The SMILES string of the molecule is CCC.CCS(=O)(=O)c1ccc(CNC(=O)c2cnc3c(c2)CNC3)cc1. The molecule has 1 aromatic carbocycles. The number of hydrogen-bond donors (Lipinski definition) is 2. The van der Waals surface area contributed by atoms with E-state index in [1.165, 1.54) is 6.42 Å². The van der Waals surface area contributed by atoms with Crippen LogP contribution in [0.4, 0.5) is 0 Å². The molecule has 1 aliphatic heterocycles. The summed E-state index contributed by atoms with van der Waals surface area (Å²) in [6.45, 7) is 7.67. The number of nitrogens with one attached hydrogen (secondary N) is 2. The fourth-order valence-corrected chi connectivity index (χ4v) is 3.44. The van der Waals surface area contributed by atoms with Gasteiger partial charge in [0.2, 0.25) is 0 Å². The highest BCUT2D eigenvalue weighted by Crippen LogP contribution is 2.15. The minimum atomic E-state index is -3.20. The van der Waals surface area contributed by atoms with Gasteiger partial charge < -0.3 is 10.6 Å². The molecule has 1 amide bonds. The van der Waals surface area contributed by atoms with E-state index in [9.17, 15) is 13.2 Å². The number of hydrogen-bond acceptors (Lipinski definition) is 5. The topological polar surface area (TPSA) is 88.2 Å². The molecule has 0 saturated carbocycles. The zero-order valence-corrected chi connectivity index (χ0v) is 16.9. The number of benzene rings is 1. The molecule has 2 heterocycles. The molecule has 7 heteroatoms. The van der Waals surface area contributed by atoms with Gasteiger partial charge in [-0.15, -0.1) is 0 Å². The first kappa shape index (κ1) is 21.1. The molecule has 0 unspecified atom stereocenters. The van der Waals surface area contributed by atoms with E-state index in [1.54, 1.807) is 37.4 Å². The molecule has 0 saturated heterocycles. The fraction of sp³-hybridized carbons (Fsp3) is 0.400. The maximum absolute atomic E-state index is 12.2. The number of carbonyl (C=O) groups excluding carboxylic acids is 1. The Bertz CT molecular complexity index is 878. The second kappa shape index (κ2) is 9.62. The van der Waals surface area contributed by atoms with Crippen LogP contribution in [0.15, 0.2) is 41.4 Å². The quantitative estimate of drug-likeness (QED) is 0.821. The molecule has 2 aromatic rings. The van der Waals surface area contributed by atoms with Crippen molar-refractivity contribution in [2.24, 2.45) is 0 Å². The van der Waals surface area contributed by atoms with Gasteiger partial charge in [-0.2, -0.15) is 0 Å². The lowest BCUT2D eigenvalue weighted by atomic mass is 10.1. The largest absolute Gasteiger partial charge is 0.348 e. The summed E-state index contributed by atoms with van der Waals surface area (Å²) < 4.78 is 23.5. The number of nitrogens with zero attached hydrogens (tertiary/aromatic N) is 1. The van der Waals surface area contributed by atoms with Crippen molar-refractivity contribution >= 4 is 15.7 Å². The average molecular weight is 390 g/mol. The van der Waals surface area contributed by atoms with Crippen LogP contribution in [0.3, 0.4) is 0 Å². The summed E-state index contributed by atoms with van der Waals surface area (Å²) >= 11 is 0. The molecule has 0 fully saturated rings. The Balaban J connectivity index is 0.000000817. The lowest BCUT2D eigenvalue weighted by Crippen LogP contribution is -2.23. The van der Waals surface area contributed by atoms with Gasteiger partial charge in [-0.1, -0.05) is 39.3 Å². The third-order valence-electron chi connectivity index (χ3n) is 4.05. The van der Waals surface area contributed by atoms with Crippen LogP contribution in [-0.4, -0.2) is 25.1 Å². The van der Waals surface area contributed by atoms with Crippen LogP contribution < -0.4 is 10.6 Å². The average Bonchev–Trinajstić information content (AvgIpc) is 3.15. The van der Waals surface area contributed by atoms with E-state index in [-0.39, 0.29) is 11.7 Å². The first-order chi connectivity index (χ1) is 12.9. The Labute approximate surface area is 161 Å². The van der Waals surface area contributed by atoms with Gasteiger partial charge in [-0.25, -0.2) is 8.42 Å². The van der Waals surface area contributed by atoms with Crippen LogP contribution >= 0.6 is 0 Å². The summed E-state index contributed by atoms with van der Waals surface area (Å²) in [5.74, 6) is -0.119. The predicted molar refractivity (Wildman–Crippen MR) is 106 cm³/mol. The molecule has 146 valence electrons. The molecule has 0 spiro atoms. The zero-order valence-electron chi connectivity index (χ0n) is 16.1. The molecule has 0 atom stereocenters. The maximum atomic E-state index is 12.2. The van der Waals surface area contributed by atoms with Gasteiger partial charge in [-0.05, 0) is 29.3 Å². The lowest BCUT2D eigenvalue weighted by Gasteiger charge is -2.07. The number of amides is 1. The standard InChI is InChI=1S/C17H19N3O3S.C3H8/c1-2-24(22,23)15-5-3-12(4-6-15)8-20-17(21)14-7-13-9-18-11-16(13)19-10-14;1-3-2/h3-7,10,18H,2,8-9,11H2,1H3,(H,20,21);3H2,1-2H3. The van der Waals surface area contributed by atoms with Gasteiger partial charge >= 0.3 is 0 Å². The molecule has 0 aliphatic carbocycles. The molecule has 27 heavy (non-hydrogen) atoms. The zero-order chi connectivity index (χ0) is 19.9. The second-order valence-electron chi connectivity index (χ2n) is 6.37. The lowest BCUT2D eigenvalue weighted by molar-refractivity contribution is 0.0950. The molecule has 1 aromatic heterocycles. The third-order valence-corrected chi connectivity index (χ3v) is 5.80. The van der Waals surface area contributed by atoms with Crippen LogP contribution in [0.1, 0.15) is 54.4 Å². The Hall–Kier alpha value is -2.25. The highest BCUT2D eigenvalue weighted by atomic mass is 32.2. The van der Waals surface area contributed by atoms with Gasteiger partial charge in [-0.3, -0.25) is 9.78 Å². The van der Waals surface area contributed by atoms with E-state index >= 15 is 0 Å².